The van der Waals surface area contributed by atoms with E-state index in [-0.39, 0.29) is 0 Å². The van der Waals surface area contributed by atoms with Gasteiger partial charge in [0.2, 0.25) is 0 Å². The minimum Gasteiger partial charge on any atom is -0.505 e. The normalized spacial score (nSPS) is 20.5. The Labute approximate surface area is 149 Å². The van der Waals surface area contributed by atoms with E-state index in [0.29, 0.717) is 23.3 Å². The number of allylic oxidation sites excluding steroid dienone is 1. The number of halogens is 1. The van der Waals surface area contributed by atoms with Gasteiger partial charge in [0.15, 0.2) is 11.6 Å². The lowest BCUT2D eigenvalue weighted by molar-refractivity contribution is 0.398. The van der Waals surface area contributed by atoms with Crippen molar-refractivity contribution in [3.05, 3.63) is 66.0 Å². The van der Waals surface area contributed by atoms with Crippen LogP contribution in [0.15, 0.2) is 54.6 Å². The van der Waals surface area contributed by atoms with Crippen LogP contribution < -0.4 is 4.74 Å². The van der Waals surface area contributed by atoms with Crippen LogP contribution in [0.4, 0.5) is 4.39 Å². The third kappa shape index (κ3) is 4.04. The molecule has 0 saturated heterocycles. The van der Waals surface area contributed by atoms with Crippen molar-refractivity contribution in [2.24, 2.45) is 5.92 Å². The molecule has 1 aliphatic carbocycles. The first-order valence-electron chi connectivity index (χ1n) is 9.03. The van der Waals surface area contributed by atoms with Gasteiger partial charge in [-0.2, -0.15) is 0 Å². The minimum atomic E-state index is -0.653. The molecule has 2 nitrogen and oxygen atoms in total. The van der Waals surface area contributed by atoms with Gasteiger partial charge in [0, 0.05) is 12.0 Å². The largest absolute Gasteiger partial charge is 0.505 e. The Hall–Kier alpha value is -2.29. The summed E-state index contributed by atoms with van der Waals surface area (Å²) in [4.78, 5) is 0. The summed E-state index contributed by atoms with van der Waals surface area (Å²) in [5, 5.41) is 9.43. The second-order valence-electron chi connectivity index (χ2n) is 6.83. The van der Waals surface area contributed by atoms with Crippen LogP contribution in [0.5, 0.6) is 17.2 Å². The highest BCUT2D eigenvalue weighted by molar-refractivity contribution is 5.39. The number of phenolic OH excluding ortho intramolecular Hbond substituents is 1. The zero-order chi connectivity index (χ0) is 17.8. The van der Waals surface area contributed by atoms with Crippen molar-refractivity contribution in [1.82, 2.24) is 0 Å². The summed E-state index contributed by atoms with van der Waals surface area (Å²) >= 11 is 0. The molecule has 3 heteroatoms. The molecule has 0 spiro atoms. The molecule has 3 rings (SSSR count). The molecule has 0 bridgehead atoms. The van der Waals surface area contributed by atoms with Crippen molar-refractivity contribution in [2.75, 3.05) is 0 Å². The number of hydrogen-bond donors (Lipinski definition) is 1. The lowest BCUT2D eigenvalue weighted by Crippen LogP contribution is -2.17. The molecular weight excluding hydrogens is 315 g/mol. The van der Waals surface area contributed by atoms with Crippen molar-refractivity contribution >= 4 is 0 Å². The van der Waals surface area contributed by atoms with Crippen molar-refractivity contribution in [3.63, 3.8) is 0 Å². The van der Waals surface area contributed by atoms with E-state index in [1.165, 1.54) is 55.0 Å². The Morgan fingerprint density at radius 1 is 1.12 bits per heavy atom. The van der Waals surface area contributed by atoms with Crippen LogP contribution in [-0.2, 0) is 0 Å². The number of ether oxygens (including phenoxy) is 1. The van der Waals surface area contributed by atoms with Crippen LogP contribution in [0.3, 0.4) is 0 Å². The Morgan fingerprint density at radius 2 is 1.84 bits per heavy atom. The van der Waals surface area contributed by atoms with Crippen molar-refractivity contribution in [2.45, 2.75) is 44.9 Å². The van der Waals surface area contributed by atoms with Gasteiger partial charge in [-0.3, -0.25) is 0 Å². The van der Waals surface area contributed by atoms with E-state index in [0.717, 1.165) is 6.42 Å². The lowest BCUT2D eigenvalue weighted by atomic mass is 9.73. The fraction of sp³-hybridized carbons (Fsp3) is 0.364. The van der Waals surface area contributed by atoms with Gasteiger partial charge < -0.3 is 9.84 Å². The van der Waals surface area contributed by atoms with Gasteiger partial charge in [0.25, 0.3) is 0 Å². The van der Waals surface area contributed by atoms with E-state index in [2.05, 4.69) is 25.6 Å². The maximum Gasteiger partial charge on any atom is 0.165 e. The Morgan fingerprint density at radius 3 is 2.52 bits per heavy atom. The Bertz CT molecular complexity index is 734. The second kappa shape index (κ2) is 7.73. The number of hydrogen-bond acceptors (Lipinski definition) is 2. The predicted molar refractivity (Wildman–Crippen MR) is 98.7 cm³/mol. The summed E-state index contributed by atoms with van der Waals surface area (Å²) < 4.78 is 18.8. The highest BCUT2D eigenvalue weighted by Gasteiger charge is 2.26. The van der Waals surface area contributed by atoms with Gasteiger partial charge >= 0.3 is 0 Å². The van der Waals surface area contributed by atoms with Crippen molar-refractivity contribution < 1.29 is 14.2 Å². The van der Waals surface area contributed by atoms with E-state index in [9.17, 15) is 9.50 Å². The summed E-state index contributed by atoms with van der Waals surface area (Å²) in [7, 11) is 0. The van der Waals surface area contributed by atoms with Gasteiger partial charge in [-0.25, -0.2) is 4.39 Å². The highest BCUT2D eigenvalue weighted by atomic mass is 19.1. The molecule has 1 aliphatic rings. The third-order valence-corrected chi connectivity index (χ3v) is 5.09. The van der Waals surface area contributed by atoms with Gasteiger partial charge in [0.1, 0.15) is 11.5 Å². The summed E-state index contributed by atoms with van der Waals surface area (Å²) in [6, 6.07) is 12.0. The minimum absolute atomic E-state index is 0.408. The molecule has 0 aromatic heterocycles. The van der Waals surface area contributed by atoms with E-state index < -0.39 is 11.6 Å². The van der Waals surface area contributed by atoms with Crippen LogP contribution >= 0.6 is 0 Å². The number of aromatic hydroxyl groups is 1. The number of phenols is 1. The van der Waals surface area contributed by atoms with Gasteiger partial charge in [0.05, 0.1) is 0 Å². The van der Waals surface area contributed by atoms with Crippen LogP contribution in [0.2, 0.25) is 0 Å². The quantitative estimate of drug-likeness (QED) is 0.624. The summed E-state index contributed by atoms with van der Waals surface area (Å²) in [5.74, 6) is 1.09. The highest BCUT2D eigenvalue weighted by Crippen LogP contribution is 2.42. The standard InChI is InChI=1S/C22H25FO2/c1-3-5-16-6-4-7-20(15(16)2)17-8-10-18(11-9-17)25-19-12-13-21(23)22(24)14-19/h8-14,16,20,24H,2-7H2,1H3. The molecule has 1 fully saturated rings. The van der Waals surface area contributed by atoms with Crippen LogP contribution in [-0.4, -0.2) is 5.11 Å². The first-order valence-corrected chi connectivity index (χ1v) is 9.03. The maximum absolute atomic E-state index is 13.1. The summed E-state index contributed by atoms with van der Waals surface area (Å²) in [5.41, 5.74) is 2.64. The van der Waals surface area contributed by atoms with Crippen LogP contribution in [0, 0.1) is 11.7 Å². The molecule has 0 radical (unpaired) electrons. The first kappa shape index (κ1) is 17.5. The molecule has 2 unspecified atom stereocenters. The molecule has 0 aliphatic heterocycles. The number of rotatable bonds is 5. The molecular formula is C22H25FO2. The molecule has 2 atom stereocenters. The third-order valence-electron chi connectivity index (χ3n) is 5.09. The fourth-order valence-electron chi connectivity index (χ4n) is 3.74. The average molecular weight is 340 g/mol. The second-order valence-corrected chi connectivity index (χ2v) is 6.83. The van der Waals surface area contributed by atoms with Crippen molar-refractivity contribution in [3.8, 4) is 17.2 Å². The Kier molecular flexibility index (Phi) is 5.42. The zero-order valence-electron chi connectivity index (χ0n) is 14.7. The molecule has 132 valence electrons. The van der Waals surface area contributed by atoms with E-state index >= 15 is 0 Å². The summed E-state index contributed by atoms with van der Waals surface area (Å²) in [6.45, 7) is 6.62. The van der Waals surface area contributed by atoms with Crippen LogP contribution in [0.1, 0.15) is 50.5 Å². The van der Waals surface area contributed by atoms with Gasteiger partial charge in [-0.15, -0.1) is 0 Å². The Balaban J connectivity index is 1.71. The van der Waals surface area contributed by atoms with E-state index in [1.807, 2.05) is 12.1 Å². The van der Waals surface area contributed by atoms with Gasteiger partial charge in [-0.05, 0) is 55.0 Å². The van der Waals surface area contributed by atoms with E-state index in [1.54, 1.807) is 0 Å². The topological polar surface area (TPSA) is 29.5 Å². The molecule has 0 heterocycles. The van der Waals surface area contributed by atoms with Crippen LogP contribution in [0.25, 0.3) is 0 Å². The van der Waals surface area contributed by atoms with E-state index in [4.69, 9.17) is 4.74 Å². The molecule has 1 N–H and O–H groups in total. The SMILES string of the molecule is C=C1C(CCC)CCCC1c1ccc(Oc2ccc(F)c(O)c2)cc1. The monoisotopic (exact) mass is 340 g/mol. The van der Waals surface area contributed by atoms with Crippen molar-refractivity contribution in [1.29, 1.82) is 0 Å². The molecule has 1 saturated carbocycles. The number of benzene rings is 2. The molecule has 2 aromatic carbocycles. The summed E-state index contributed by atoms with van der Waals surface area (Å²) in [6.07, 6.45) is 6.10. The average Bonchev–Trinajstić information content (AvgIpc) is 2.61. The molecule has 25 heavy (non-hydrogen) atoms. The molecule has 2 aromatic rings. The molecule has 0 amide bonds. The van der Waals surface area contributed by atoms with Gasteiger partial charge in [-0.1, -0.05) is 44.1 Å². The predicted octanol–water partition coefficient (Wildman–Crippen LogP) is 6.56. The first-order chi connectivity index (χ1) is 12.1. The smallest absolute Gasteiger partial charge is 0.165 e. The fourth-order valence-corrected chi connectivity index (χ4v) is 3.74. The maximum atomic E-state index is 13.1. The zero-order valence-corrected chi connectivity index (χ0v) is 14.7. The lowest BCUT2D eigenvalue weighted by Gasteiger charge is -2.32.